The van der Waals surface area contributed by atoms with E-state index in [1.54, 1.807) is 0 Å². The van der Waals surface area contributed by atoms with Gasteiger partial charge in [-0.25, -0.2) is 13.1 Å². The lowest BCUT2D eigenvalue weighted by Gasteiger charge is -2.11. The summed E-state index contributed by atoms with van der Waals surface area (Å²) in [5, 5.41) is 13.5. The minimum atomic E-state index is -3.60. The second-order valence-corrected chi connectivity index (χ2v) is 5.78. The van der Waals surface area contributed by atoms with Gasteiger partial charge >= 0.3 is 0 Å². The Morgan fingerprint density at radius 1 is 1.33 bits per heavy atom. The van der Waals surface area contributed by atoms with Gasteiger partial charge in [-0.3, -0.25) is 10.1 Å². The van der Waals surface area contributed by atoms with Crippen LogP contribution >= 0.6 is 0 Å². The molecule has 1 aromatic carbocycles. The van der Waals surface area contributed by atoms with E-state index in [0.717, 1.165) is 13.0 Å². The predicted molar refractivity (Wildman–Crippen MR) is 64.7 cm³/mol. The number of rotatable bonds is 4. The van der Waals surface area contributed by atoms with E-state index in [2.05, 4.69) is 10.0 Å². The molecule has 2 rings (SSSR count). The van der Waals surface area contributed by atoms with Crippen LogP contribution in [-0.2, 0) is 10.0 Å². The van der Waals surface area contributed by atoms with E-state index in [1.165, 1.54) is 24.3 Å². The standard InChI is InChI=1S/C10H13N3O4S/c14-13(15)9-1-3-10(4-2-9)18(16,17)12-8-5-6-11-7-8/h1-4,8,11-12H,5-7H2. The highest BCUT2D eigenvalue weighted by atomic mass is 32.2. The molecule has 1 unspecified atom stereocenters. The molecule has 8 heteroatoms. The number of non-ortho nitro benzene ring substituents is 1. The third kappa shape index (κ3) is 2.84. The SMILES string of the molecule is O=[N+]([O-])c1ccc(S(=O)(=O)NC2CCNC2)cc1. The Labute approximate surface area is 104 Å². The average molecular weight is 271 g/mol. The van der Waals surface area contributed by atoms with Gasteiger partial charge in [0.2, 0.25) is 10.0 Å². The maximum atomic E-state index is 12.0. The first-order valence-electron chi connectivity index (χ1n) is 5.46. The summed E-state index contributed by atoms with van der Waals surface area (Å²) in [6.45, 7) is 1.39. The molecule has 0 saturated carbocycles. The Balaban J connectivity index is 2.16. The zero-order valence-electron chi connectivity index (χ0n) is 9.50. The number of sulfonamides is 1. The van der Waals surface area contributed by atoms with Crippen molar-refractivity contribution in [2.45, 2.75) is 17.4 Å². The molecular formula is C10H13N3O4S. The normalized spacial score (nSPS) is 19.9. The van der Waals surface area contributed by atoms with Gasteiger partial charge in [0.05, 0.1) is 9.82 Å². The Morgan fingerprint density at radius 3 is 2.50 bits per heavy atom. The van der Waals surface area contributed by atoms with Crippen molar-refractivity contribution in [2.24, 2.45) is 0 Å². The van der Waals surface area contributed by atoms with Gasteiger partial charge in [0.25, 0.3) is 5.69 Å². The molecule has 1 saturated heterocycles. The van der Waals surface area contributed by atoms with Crippen molar-refractivity contribution in [3.8, 4) is 0 Å². The number of hydrogen-bond donors (Lipinski definition) is 2. The summed E-state index contributed by atoms with van der Waals surface area (Å²) in [6, 6.07) is 4.72. The summed E-state index contributed by atoms with van der Waals surface area (Å²) in [5.41, 5.74) is -0.128. The predicted octanol–water partition coefficient (Wildman–Crippen LogP) is 0.235. The molecule has 98 valence electrons. The van der Waals surface area contributed by atoms with Gasteiger partial charge < -0.3 is 5.32 Å². The molecule has 1 aliphatic heterocycles. The number of nitrogens with one attached hydrogen (secondary N) is 2. The van der Waals surface area contributed by atoms with Crippen LogP contribution in [-0.4, -0.2) is 32.5 Å². The molecule has 1 aliphatic rings. The molecule has 18 heavy (non-hydrogen) atoms. The van der Waals surface area contributed by atoms with Crippen molar-refractivity contribution in [1.82, 2.24) is 10.0 Å². The molecule has 0 spiro atoms. The first kappa shape index (κ1) is 12.9. The van der Waals surface area contributed by atoms with E-state index in [1.807, 2.05) is 0 Å². The third-order valence-electron chi connectivity index (χ3n) is 2.74. The van der Waals surface area contributed by atoms with Crippen LogP contribution < -0.4 is 10.0 Å². The quantitative estimate of drug-likeness (QED) is 0.603. The summed E-state index contributed by atoms with van der Waals surface area (Å²) in [5.74, 6) is 0. The van der Waals surface area contributed by atoms with Crippen LogP contribution in [0.2, 0.25) is 0 Å². The number of nitro benzene ring substituents is 1. The maximum Gasteiger partial charge on any atom is 0.269 e. The van der Waals surface area contributed by atoms with Crippen LogP contribution in [0, 0.1) is 10.1 Å². The van der Waals surface area contributed by atoms with Gasteiger partial charge in [0, 0.05) is 24.7 Å². The van der Waals surface area contributed by atoms with Crippen LogP contribution in [0.1, 0.15) is 6.42 Å². The summed E-state index contributed by atoms with van der Waals surface area (Å²) in [6.07, 6.45) is 0.742. The largest absolute Gasteiger partial charge is 0.315 e. The lowest BCUT2D eigenvalue weighted by Crippen LogP contribution is -2.36. The van der Waals surface area contributed by atoms with Crippen LogP contribution in [0.4, 0.5) is 5.69 Å². The lowest BCUT2D eigenvalue weighted by molar-refractivity contribution is -0.384. The molecule has 1 atom stereocenters. The van der Waals surface area contributed by atoms with Crippen molar-refractivity contribution in [3.63, 3.8) is 0 Å². The highest BCUT2D eigenvalue weighted by Gasteiger charge is 2.23. The van der Waals surface area contributed by atoms with E-state index < -0.39 is 14.9 Å². The number of hydrogen-bond acceptors (Lipinski definition) is 5. The fourth-order valence-electron chi connectivity index (χ4n) is 1.79. The van der Waals surface area contributed by atoms with Gasteiger partial charge in [-0.05, 0) is 25.1 Å². The summed E-state index contributed by atoms with van der Waals surface area (Å²) in [7, 11) is -3.60. The third-order valence-corrected chi connectivity index (χ3v) is 4.28. The Morgan fingerprint density at radius 2 is 2.00 bits per heavy atom. The minimum absolute atomic E-state index is 0.0417. The van der Waals surface area contributed by atoms with Crippen LogP contribution in [0.25, 0.3) is 0 Å². The van der Waals surface area contributed by atoms with Gasteiger partial charge in [-0.1, -0.05) is 0 Å². The Kier molecular flexibility index (Phi) is 3.60. The number of nitrogens with zero attached hydrogens (tertiary/aromatic N) is 1. The number of benzene rings is 1. The molecule has 0 bridgehead atoms. The van der Waals surface area contributed by atoms with Crippen molar-refractivity contribution >= 4 is 15.7 Å². The first-order chi connectivity index (χ1) is 8.49. The molecule has 2 N–H and O–H groups in total. The molecule has 0 amide bonds. The van der Waals surface area contributed by atoms with Gasteiger partial charge in [-0.2, -0.15) is 0 Å². The van der Waals surface area contributed by atoms with Gasteiger partial charge in [-0.15, -0.1) is 0 Å². The number of nitro groups is 1. The summed E-state index contributed by atoms with van der Waals surface area (Å²) < 4.78 is 26.5. The molecule has 0 aliphatic carbocycles. The van der Waals surface area contributed by atoms with E-state index >= 15 is 0 Å². The van der Waals surface area contributed by atoms with E-state index in [-0.39, 0.29) is 16.6 Å². The van der Waals surface area contributed by atoms with Crippen LogP contribution in [0.15, 0.2) is 29.2 Å². The fourth-order valence-corrected chi connectivity index (χ4v) is 3.06. The Hall–Kier alpha value is -1.51. The zero-order valence-corrected chi connectivity index (χ0v) is 10.3. The molecule has 1 fully saturated rings. The van der Waals surface area contributed by atoms with Crippen LogP contribution in [0.3, 0.4) is 0 Å². The summed E-state index contributed by atoms with van der Waals surface area (Å²) in [4.78, 5) is 9.95. The maximum absolute atomic E-state index is 12.0. The smallest absolute Gasteiger partial charge is 0.269 e. The summed E-state index contributed by atoms with van der Waals surface area (Å²) >= 11 is 0. The minimum Gasteiger partial charge on any atom is -0.315 e. The first-order valence-corrected chi connectivity index (χ1v) is 6.95. The van der Waals surface area contributed by atoms with Crippen molar-refractivity contribution < 1.29 is 13.3 Å². The highest BCUT2D eigenvalue weighted by molar-refractivity contribution is 7.89. The topological polar surface area (TPSA) is 101 Å². The monoisotopic (exact) mass is 271 g/mol. The Bertz CT molecular complexity index is 535. The zero-order chi connectivity index (χ0) is 13.2. The molecule has 7 nitrogen and oxygen atoms in total. The van der Waals surface area contributed by atoms with Crippen LogP contribution in [0.5, 0.6) is 0 Å². The second-order valence-electron chi connectivity index (χ2n) is 4.06. The molecule has 1 aromatic rings. The van der Waals surface area contributed by atoms with Crippen molar-refractivity contribution in [3.05, 3.63) is 34.4 Å². The van der Waals surface area contributed by atoms with E-state index in [0.29, 0.717) is 6.54 Å². The molecule has 0 aromatic heterocycles. The van der Waals surface area contributed by atoms with E-state index in [4.69, 9.17) is 0 Å². The molecule has 1 heterocycles. The van der Waals surface area contributed by atoms with Crippen molar-refractivity contribution in [1.29, 1.82) is 0 Å². The fraction of sp³-hybridized carbons (Fsp3) is 0.400. The average Bonchev–Trinajstić information content (AvgIpc) is 2.81. The van der Waals surface area contributed by atoms with Crippen molar-refractivity contribution in [2.75, 3.05) is 13.1 Å². The lowest BCUT2D eigenvalue weighted by atomic mass is 10.3. The van der Waals surface area contributed by atoms with Gasteiger partial charge in [0.1, 0.15) is 0 Å². The van der Waals surface area contributed by atoms with Gasteiger partial charge in [0.15, 0.2) is 0 Å². The molecular weight excluding hydrogens is 258 g/mol. The highest BCUT2D eigenvalue weighted by Crippen LogP contribution is 2.16. The molecule has 0 radical (unpaired) electrons. The second kappa shape index (κ2) is 5.01. The van der Waals surface area contributed by atoms with E-state index in [9.17, 15) is 18.5 Å².